The number of aromatic amines is 3. The highest BCUT2D eigenvalue weighted by molar-refractivity contribution is 6.04. The number of halogens is 6. The third kappa shape index (κ3) is 18.0. The Kier molecular flexibility index (Phi) is 22.6. The molecule has 10 N–H and O–H groups in total. The van der Waals surface area contributed by atoms with E-state index in [1.807, 2.05) is 24.3 Å². The van der Waals surface area contributed by atoms with Gasteiger partial charge < -0.3 is 90.9 Å². The van der Waals surface area contributed by atoms with E-state index in [4.69, 9.17) is 14.2 Å². The van der Waals surface area contributed by atoms with Gasteiger partial charge in [0.25, 0.3) is 17.7 Å². The number of hydrogen-bond donors (Lipinski definition) is 10. The van der Waals surface area contributed by atoms with Crippen molar-refractivity contribution >= 4 is 102 Å². The molecule has 0 unspecified atom stereocenters. The van der Waals surface area contributed by atoms with Crippen LogP contribution < -0.4 is 66.1 Å². The monoisotopic (exact) mass is 1600 g/mol. The molecule has 3 saturated carbocycles. The topological polar surface area (TPSA) is 343 Å². The van der Waals surface area contributed by atoms with Crippen molar-refractivity contribution in [3.05, 3.63) is 179 Å². The number of nitrogens with one attached hydrogen (secondary N) is 10. The van der Waals surface area contributed by atoms with Crippen LogP contribution in [0.25, 0.3) is 32.7 Å². The third-order valence-corrected chi connectivity index (χ3v) is 20.7. The molecule has 0 atom stereocenters. The van der Waals surface area contributed by atoms with Crippen LogP contribution in [0.15, 0.2) is 110 Å². The largest absolute Gasteiger partial charge is 0.435 e. The second-order valence-corrected chi connectivity index (χ2v) is 29.5. The molecule has 3 aromatic carbocycles. The highest BCUT2D eigenvalue weighted by atomic mass is 19.1. The Morgan fingerprint density at radius 2 is 0.735 bits per heavy atom. The molecule has 117 heavy (non-hydrogen) atoms. The Bertz CT molecular complexity index is 5670. The number of likely N-dealkylation sites (N-methyl/N-ethyl adjacent to an activating group) is 2. The van der Waals surface area contributed by atoms with Crippen molar-refractivity contribution in [3.63, 3.8) is 0 Å². The van der Waals surface area contributed by atoms with E-state index in [-0.39, 0.29) is 108 Å². The quantitative estimate of drug-likeness (QED) is 0.0282. The summed E-state index contributed by atoms with van der Waals surface area (Å²) in [7, 11) is 2.10. The van der Waals surface area contributed by atoms with E-state index in [0.717, 1.165) is 159 Å². The smallest absolute Gasteiger partial charge is 0.260 e. The number of nitrogens with zero attached hydrogens (tertiary/aromatic N) is 14. The summed E-state index contributed by atoms with van der Waals surface area (Å²) in [5.41, 5.74) is 4.84. The van der Waals surface area contributed by atoms with Gasteiger partial charge in [-0.25, -0.2) is 71.2 Å². The van der Waals surface area contributed by atoms with Gasteiger partial charge in [0.05, 0.1) is 52.2 Å². The normalized spacial score (nSPS) is 15.8. The molecular formula is C81H84F6N24O6. The van der Waals surface area contributed by atoms with Gasteiger partial charge in [-0.1, -0.05) is 6.92 Å². The number of benzene rings is 3. The molecule has 18 rings (SSSR count). The van der Waals surface area contributed by atoms with E-state index < -0.39 is 64.1 Å². The predicted octanol–water partition coefficient (Wildman–Crippen LogP) is 12.4. The van der Waals surface area contributed by atoms with Gasteiger partial charge in [-0.15, -0.1) is 0 Å². The first-order valence-corrected chi connectivity index (χ1v) is 38.7. The zero-order chi connectivity index (χ0) is 81.1. The first-order valence-electron chi connectivity index (χ1n) is 38.7. The molecule has 9 aromatic heterocycles. The number of hydrogen-bond acceptors (Lipinski definition) is 24. The molecule has 12 aromatic rings. The molecule has 3 saturated heterocycles. The van der Waals surface area contributed by atoms with Crippen LogP contribution in [0.2, 0.25) is 0 Å². The lowest BCUT2D eigenvalue weighted by Gasteiger charge is -2.35. The first-order chi connectivity index (χ1) is 56.7. The minimum Gasteiger partial charge on any atom is -0.435 e. The predicted molar refractivity (Wildman–Crippen MR) is 428 cm³/mol. The number of amides is 3. The van der Waals surface area contributed by atoms with E-state index >= 15 is 13.2 Å². The summed E-state index contributed by atoms with van der Waals surface area (Å²) in [6.07, 6.45) is 14.0. The number of rotatable bonds is 22. The lowest BCUT2D eigenvalue weighted by atomic mass is 10.2. The van der Waals surface area contributed by atoms with Crippen molar-refractivity contribution in [1.29, 1.82) is 0 Å². The first kappa shape index (κ1) is 78.0. The SMILES string of the molecule is CCN1CCN(c2ccc(Nc3ncnc(Oc4cc(F)c5[nH]c(C)cc5c4F)c3C(=O)NC3CC3)nc2)CC1.Cc1cc2c(F)c(Oc3ncnc(Nc4ccc(N5CCN(C)CC5)cn4)c3C(=O)NC3CC3)cc(F)c2[nH]1.Cc1cc2c(F)c(Oc3ncnc(Nc4ccc(N5CCNCC5)cn4)c3C(=O)NC3CC3)cc(F)c2[nH]1. The molecule has 6 fully saturated rings. The van der Waals surface area contributed by atoms with Crippen LogP contribution in [-0.2, 0) is 0 Å². The molecule has 0 bridgehead atoms. The molecule has 3 aliphatic carbocycles. The summed E-state index contributed by atoms with van der Waals surface area (Å²) in [4.78, 5) is 98.2. The van der Waals surface area contributed by atoms with Gasteiger partial charge in [-0.05, 0) is 127 Å². The van der Waals surface area contributed by atoms with E-state index in [1.54, 1.807) is 51.5 Å². The fourth-order valence-corrected chi connectivity index (χ4v) is 13.8. The maximum Gasteiger partial charge on any atom is 0.260 e. The summed E-state index contributed by atoms with van der Waals surface area (Å²) < 4.78 is 107. The highest BCUT2D eigenvalue weighted by Gasteiger charge is 2.34. The zero-order valence-electron chi connectivity index (χ0n) is 64.5. The summed E-state index contributed by atoms with van der Waals surface area (Å²) in [5.74, 6) is -5.80. The van der Waals surface area contributed by atoms with Gasteiger partial charge in [0.1, 0.15) is 53.1 Å². The maximum absolute atomic E-state index is 15.3. The van der Waals surface area contributed by atoms with Gasteiger partial charge in [-0.3, -0.25) is 14.4 Å². The Labute approximate surface area is 666 Å². The van der Waals surface area contributed by atoms with Crippen LogP contribution in [0.5, 0.6) is 34.9 Å². The number of carbonyl (C=O) groups is 3. The Hall–Kier alpha value is -13.0. The van der Waals surface area contributed by atoms with E-state index in [2.05, 4.69) is 135 Å². The van der Waals surface area contributed by atoms with Crippen molar-refractivity contribution in [3.8, 4) is 34.9 Å². The van der Waals surface area contributed by atoms with Crippen LogP contribution in [0.3, 0.4) is 0 Å². The molecule has 12 heterocycles. The number of aromatic nitrogens is 12. The molecule has 0 radical (unpaired) electrons. The van der Waals surface area contributed by atoms with Gasteiger partial charge in [0.15, 0.2) is 69.6 Å². The molecule has 6 aliphatic rings. The minimum atomic E-state index is -0.766. The molecule has 3 amide bonds. The summed E-state index contributed by atoms with van der Waals surface area (Å²) in [5, 5.41) is 21.3. The second kappa shape index (κ2) is 33.8. The van der Waals surface area contributed by atoms with Crippen molar-refractivity contribution in [2.45, 2.75) is 84.3 Å². The van der Waals surface area contributed by atoms with Crippen molar-refractivity contribution < 1.29 is 54.9 Å². The van der Waals surface area contributed by atoms with Crippen LogP contribution in [-0.4, -0.2) is 198 Å². The number of H-pyrrole nitrogens is 3. The number of piperazine rings is 3. The van der Waals surface area contributed by atoms with Gasteiger partial charge in [-0.2, -0.15) is 0 Å². The Morgan fingerprint density at radius 1 is 0.419 bits per heavy atom. The van der Waals surface area contributed by atoms with Gasteiger partial charge >= 0.3 is 0 Å². The van der Waals surface area contributed by atoms with E-state index in [1.165, 1.54) is 37.2 Å². The lowest BCUT2D eigenvalue weighted by molar-refractivity contribution is 0.0939. The van der Waals surface area contributed by atoms with E-state index in [9.17, 15) is 27.6 Å². The van der Waals surface area contributed by atoms with Crippen molar-refractivity contribution in [2.75, 3.05) is 123 Å². The molecule has 30 nitrogen and oxygen atoms in total. The van der Waals surface area contributed by atoms with Crippen molar-refractivity contribution in [1.82, 2.24) is 90.9 Å². The number of pyridine rings is 3. The second-order valence-electron chi connectivity index (χ2n) is 29.5. The van der Waals surface area contributed by atoms with Gasteiger partial charge in [0, 0.05) is 148 Å². The number of anilines is 9. The van der Waals surface area contributed by atoms with Crippen LogP contribution in [0.1, 0.15) is 93.6 Å². The van der Waals surface area contributed by atoms with Crippen LogP contribution >= 0.6 is 0 Å². The summed E-state index contributed by atoms with van der Waals surface area (Å²) >= 11 is 0. The number of ether oxygens (including phenoxy) is 3. The zero-order valence-corrected chi connectivity index (χ0v) is 64.5. The van der Waals surface area contributed by atoms with Gasteiger partial charge in [0.2, 0.25) is 17.6 Å². The molecular weight excluding hydrogens is 1520 g/mol. The fourth-order valence-electron chi connectivity index (χ4n) is 13.8. The number of aryl methyl sites for hydroxylation is 3. The molecule has 0 spiro atoms. The van der Waals surface area contributed by atoms with Crippen molar-refractivity contribution in [2.24, 2.45) is 0 Å². The molecule has 606 valence electrons. The fraction of sp³-hybridized carbons (Fsp3) is 0.333. The molecule has 36 heteroatoms. The Balaban J connectivity index is 0.000000131. The maximum atomic E-state index is 15.3. The average molecular weight is 1600 g/mol. The lowest BCUT2D eigenvalue weighted by Crippen LogP contribution is -2.46. The van der Waals surface area contributed by atoms with E-state index in [0.29, 0.717) is 34.5 Å². The highest BCUT2D eigenvalue weighted by Crippen LogP contribution is 2.40. The summed E-state index contributed by atoms with van der Waals surface area (Å²) in [6, 6.07) is 18.6. The average Bonchev–Trinajstić information content (AvgIpc) is 1.77. The summed E-state index contributed by atoms with van der Waals surface area (Å²) in [6.45, 7) is 19.5. The third-order valence-electron chi connectivity index (χ3n) is 20.7. The molecule has 3 aliphatic heterocycles. The number of fused-ring (bicyclic) bond motifs is 3. The standard InChI is InChI=1S/C28H30F2N8O2.C27H28F2N8O2.C26H26F2N8O2/c1-3-37-8-10-38(11-9-37)18-6-7-22(31-14-18)36-26-23(27(39)35-17-4-5-17)28(33-15-32-26)40-21-13-20(29)25-19(24(21)30)12-16(2)34-25;1-15-11-18-23(29)20(12-19(28)24(18)33-15)39-27-22(26(38)34-16-3-4-16)25(31-14-32-27)35-21-6-5-17(13-30-21)37-9-7-36(2)8-10-37;1-14-10-17-22(28)19(11-18(27)23(17)33-14)38-26-21(25(37)34-15-2-3-15)24(31-13-32-26)35-20-5-4-16(12-30-20)36-8-6-29-7-9-36/h6-7,12-15,17,34H,3-5,8-11H2,1-2H3,(H,35,39)(H,31,32,33,36);5-6,11-14,16,33H,3-4,7-10H2,1-2H3,(H,34,38)(H,30,31,32,35);4-5,10-13,15,29,33H,2-3,6-9H2,1H3,(H,34,37)(H,30,31,32,35). The number of carbonyl (C=O) groups excluding carboxylic acids is 3. The Morgan fingerprint density at radius 3 is 1.03 bits per heavy atom. The van der Waals surface area contributed by atoms with Crippen LogP contribution in [0.4, 0.5) is 78.3 Å². The van der Waals surface area contributed by atoms with Crippen LogP contribution in [0, 0.1) is 55.7 Å². The minimum absolute atomic E-state index is 0.0267.